The predicted octanol–water partition coefficient (Wildman–Crippen LogP) is 4.40. The molecule has 3 nitrogen and oxygen atoms in total. The van der Waals surface area contributed by atoms with Gasteiger partial charge in [-0.25, -0.2) is 4.98 Å². The van der Waals surface area contributed by atoms with Crippen LogP contribution >= 0.6 is 0 Å². The Labute approximate surface area is 128 Å². The summed E-state index contributed by atoms with van der Waals surface area (Å²) in [5.41, 5.74) is 5.16. The quantitative estimate of drug-likeness (QED) is 0.546. The number of aromatic nitrogens is 3. The molecule has 0 aliphatic carbocycles. The second-order valence-electron chi connectivity index (χ2n) is 5.25. The standard InChI is InChI=1S/C19H15N3/c1-14-21-18-12-17(15-8-4-2-5-9-15)20-13-19(18)22(14)16-10-6-3-7-11-16/h2-13H,1H3. The average molecular weight is 285 g/mol. The highest BCUT2D eigenvalue weighted by atomic mass is 15.1. The molecule has 4 aromatic rings. The summed E-state index contributed by atoms with van der Waals surface area (Å²) in [6.45, 7) is 2.02. The monoisotopic (exact) mass is 285 g/mol. The van der Waals surface area contributed by atoms with Crippen molar-refractivity contribution in [3.63, 3.8) is 0 Å². The molecule has 0 fully saturated rings. The number of aryl methyl sites for hydroxylation is 1. The lowest BCUT2D eigenvalue weighted by molar-refractivity contribution is 0.999. The Morgan fingerprint density at radius 3 is 2.27 bits per heavy atom. The molecule has 0 radical (unpaired) electrons. The van der Waals surface area contributed by atoms with E-state index < -0.39 is 0 Å². The Bertz CT molecular complexity index is 925. The van der Waals surface area contributed by atoms with E-state index in [1.807, 2.05) is 49.5 Å². The van der Waals surface area contributed by atoms with Gasteiger partial charge in [-0.15, -0.1) is 0 Å². The fraction of sp³-hybridized carbons (Fsp3) is 0.0526. The normalized spacial score (nSPS) is 11.0. The molecule has 4 rings (SSSR count). The highest BCUT2D eigenvalue weighted by molar-refractivity contribution is 5.81. The molecule has 0 aliphatic heterocycles. The first kappa shape index (κ1) is 12.8. The van der Waals surface area contributed by atoms with E-state index in [0.29, 0.717) is 0 Å². The Balaban J connectivity index is 1.90. The second kappa shape index (κ2) is 5.11. The first-order valence-electron chi connectivity index (χ1n) is 7.29. The minimum absolute atomic E-state index is 0.950. The molecule has 0 saturated heterocycles. The summed E-state index contributed by atoms with van der Waals surface area (Å²) in [6.07, 6.45) is 1.91. The van der Waals surface area contributed by atoms with Crippen LogP contribution in [-0.2, 0) is 0 Å². The third-order valence-electron chi connectivity index (χ3n) is 3.79. The number of hydrogen-bond acceptors (Lipinski definition) is 2. The molecule has 22 heavy (non-hydrogen) atoms. The topological polar surface area (TPSA) is 30.7 Å². The van der Waals surface area contributed by atoms with Gasteiger partial charge in [-0.3, -0.25) is 9.55 Å². The van der Waals surface area contributed by atoms with Crippen molar-refractivity contribution in [1.82, 2.24) is 14.5 Å². The molecule has 0 spiro atoms. The number of para-hydroxylation sites is 1. The number of fused-ring (bicyclic) bond motifs is 1. The molecular formula is C19H15N3. The van der Waals surface area contributed by atoms with Crippen LogP contribution in [0, 0.1) is 6.92 Å². The van der Waals surface area contributed by atoms with Gasteiger partial charge in [0, 0.05) is 11.3 Å². The van der Waals surface area contributed by atoms with Gasteiger partial charge in [0.1, 0.15) is 5.82 Å². The summed E-state index contributed by atoms with van der Waals surface area (Å²) in [4.78, 5) is 9.31. The van der Waals surface area contributed by atoms with Crippen molar-refractivity contribution in [3.05, 3.63) is 78.8 Å². The molecule has 2 aromatic heterocycles. The molecule has 2 aromatic carbocycles. The van der Waals surface area contributed by atoms with E-state index in [1.54, 1.807) is 0 Å². The van der Waals surface area contributed by atoms with Crippen LogP contribution in [0.1, 0.15) is 5.82 Å². The highest BCUT2D eigenvalue weighted by Gasteiger charge is 2.10. The van der Waals surface area contributed by atoms with E-state index in [9.17, 15) is 0 Å². The van der Waals surface area contributed by atoms with Crippen molar-refractivity contribution in [2.24, 2.45) is 0 Å². The Hall–Kier alpha value is -2.94. The SMILES string of the molecule is Cc1nc2cc(-c3ccccc3)ncc2n1-c1ccccc1. The lowest BCUT2D eigenvalue weighted by atomic mass is 10.1. The van der Waals surface area contributed by atoms with Crippen molar-refractivity contribution in [2.45, 2.75) is 6.92 Å². The third kappa shape index (κ3) is 2.07. The molecule has 0 saturated carbocycles. The van der Waals surface area contributed by atoms with Crippen LogP contribution in [0.4, 0.5) is 0 Å². The van der Waals surface area contributed by atoms with Crippen molar-refractivity contribution >= 4 is 11.0 Å². The summed E-state index contributed by atoms with van der Waals surface area (Å²) in [7, 11) is 0. The van der Waals surface area contributed by atoms with Gasteiger partial charge in [-0.1, -0.05) is 48.5 Å². The number of pyridine rings is 1. The fourth-order valence-electron chi connectivity index (χ4n) is 2.77. The van der Waals surface area contributed by atoms with Gasteiger partial charge >= 0.3 is 0 Å². The Morgan fingerprint density at radius 1 is 0.864 bits per heavy atom. The molecule has 0 amide bonds. The third-order valence-corrected chi connectivity index (χ3v) is 3.79. The van der Waals surface area contributed by atoms with Gasteiger partial charge in [0.15, 0.2) is 0 Å². The Morgan fingerprint density at radius 2 is 1.55 bits per heavy atom. The molecule has 3 heteroatoms. The van der Waals surface area contributed by atoms with Crippen LogP contribution in [0.3, 0.4) is 0 Å². The van der Waals surface area contributed by atoms with E-state index in [0.717, 1.165) is 33.8 Å². The predicted molar refractivity (Wildman–Crippen MR) is 89.0 cm³/mol. The molecule has 0 aliphatic rings. The maximum absolute atomic E-state index is 4.70. The van der Waals surface area contributed by atoms with E-state index >= 15 is 0 Å². The first-order valence-corrected chi connectivity index (χ1v) is 7.29. The lowest BCUT2D eigenvalue weighted by Crippen LogP contribution is -1.96. The molecule has 106 valence electrons. The minimum atomic E-state index is 0.950. The fourth-order valence-corrected chi connectivity index (χ4v) is 2.77. The first-order chi connectivity index (χ1) is 10.8. The molecule has 0 atom stereocenters. The van der Waals surface area contributed by atoms with Crippen LogP contribution in [-0.4, -0.2) is 14.5 Å². The van der Waals surface area contributed by atoms with Crippen molar-refractivity contribution < 1.29 is 0 Å². The van der Waals surface area contributed by atoms with Crippen LogP contribution in [0.15, 0.2) is 72.9 Å². The number of rotatable bonds is 2. The maximum Gasteiger partial charge on any atom is 0.111 e. The molecule has 2 heterocycles. The molecule has 0 bridgehead atoms. The van der Waals surface area contributed by atoms with Crippen LogP contribution in [0.5, 0.6) is 0 Å². The average Bonchev–Trinajstić information content (AvgIpc) is 2.91. The molecule has 0 N–H and O–H groups in total. The van der Waals surface area contributed by atoms with Crippen LogP contribution < -0.4 is 0 Å². The minimum Gasteiger partial charge on any atom is -0.295 e. The number of imidazole rings is 1. The van der Waals surface area contributed by atoms with Crippen LogP contribution in [0.25, 0.3) is 28.0 Å². The zero-order valence-electron chi connectivity index (χ0n) is 12.3. The summed E-state index contributed by atoms with van der Waals surface area (Å²) in [6, 6.07) is 22.5. The summed E-state index contributed by atoms with van der Waals surface area (Å²) < 4.78 is 2.14. The summed E-state index contributed by atoms with van der Waals surface area (Å²) in [5.74, 6) is 0.966. The van der Waals surface area contributed by atoms with E-state index in [2.05, 4.69) is 39.9 Å². The van der Waals surface area contributed by atoms with Gasteiger partial charge < -0.3 is 0 Å². The van der Waals surface area contributed by atoms with Gasteiger partial charge in [0.2, 0.25) is 0 Å². The number of nitrogens with zero attached hydrogens (tertiary/aromatic N) is 3. The van der Waals surface area contributed by atoms with E-state index in [-0.39, 0.29) is 0 Å². The number of benzene rings is 2. The van der Waals surface area contributed by atoms with Gasteiger partial charge in [-0.2, -0.15) is 0 Å². The second-order valence-corrected chi connectivity index (χ2v) is 5.25. The lowest BCUT2D eigenvalue weighted by Gasteiger charge is -2.06. The van der Waals surface area contributed by atoms with Crippen molar-refractivity contribution in [2.75, 3.05) is 0 Å². The summed E-state index contributed by atoms with van der Waals surface area (Å²) >= 11 is 0. The maximum atomic E-state index is 4.70. The largest absolute Gasteiger partial charge is 0.295 e. The van der Waals surface area contributed by atoms with Gasteiger partial charge in [-0.05, 0) is 25.1 Å². The van der Waals surface area contributed by atoms with E-state index in [1.165, 1.54) is 0 Å². The van der Waals surface area contributed by atoms with Crippen molar-refractivity contribution in [3.8, 4) is 16.9 Å². The highest BCUT2D eigenvalue weighted by Crippen LogP contribution is 2.24. The zero-order chi connectivity index (χ0) is 14.9. The van der Waals surface area contributed by atoms with Crippen LogP contribution in [0.2, 0.25) is 0 Å². The number of hydrogen-bond donors (Lipinski definition) is 0. The molecular weight excluding hydrogens is 270 g/mol. The smallest absolute Gasteiger partial charge is 0.111 e. The van der Waals surface area contributed by atoms with Gasteiger partial charge in [0.25, 0.3) is 0 Å². The van der Waals surface area contributed by atoms with Gasteiger partial charge in [0.05, 0.1) is 22.9 Å². The van der Waals surface area contributed by atoms with E-state index in [4.69, 9.17) is 4.98 Å². The Kier molecular flexibility index (Phi) is 2.97. The summed E-state index contributed by atoms with van der Waals surface area (Å²) in [5, 5.41) is 0. The zero-order valence-corrected chi connectivity index (χ0v) is 12.3. The molecule has 0 unspecified atom stereocenters. The van der Waals surface area contributed by atoms with Crippen molar-refractivity contribution in [1.29, 1.82) is 0 Å².